The number of nitrogens with one attached hydrogen (secondary N) is 1. The van der Waals surface area contributed by atoms with E-state index in [1.54, 1.807) is 66.7 Å². The van der Waals surface area contributed by atoms with E-state index < -0.39 is 17.7 Å². The summed E-state index contributed by atoms with van der Waals surface area (Å²) in [4.78, 5) is 39.3. The van der Waals surface area contributed by atoms with Crippen LogP contribution in [0, 0.1) is 0 Å². The summed E-state index contributed by atoms with van der Waals surface area (Å²) in [7, 11) is 2.95. The number of aliphatic hydroxyl groups is 1. The highest BCUT2D eigenvalue weighted by molar-refractivity contribution is 6.51. The van der Waals surface area contributed by atoms with Gasteiger partial charge in [0.25, 0.3) is 11.7 Å². The van der Waals surface area contributed by atoms with Gasteiger partial charge in [-0.3, -0.25) is 19.3 Å². The summed E-state index contributed by atoms with van der Waals surface area (Å²) in [6.45, 7) is 1.40. The lowest BCUT2D eigenvalue weighted by Crippen LogP contribution is -2.29. The SMILES string of the molecule is COc1ccc(/C(O)=C2/C(=O)C(=O)N(c3ccc(NC(C)=O)cc3)C2c2ccccc2)c(OC)c1. The van der Waals surface area contributed by atoms with Crippen LogP contribution in [0.25, 0.3) is 5.76 Å². The second-order valence-electron chi connectivity index (χ2n) is 7.87. The molecule has 0 saturated carbocycles. The van der Waals surface area contributed by atoms with E-state index in [0.717, 1.165) is 0 Å². The van der Waals surface area contributed by atoms with Crippen LogP contribution in [0.1, 0.15) is 24.1 Å². The van der Waals surface area contributed by atoms with Gasteiger partial charge in [-0.25, -0.2) is 0 Å². The Kier molecular flexibility index (Phi) is 6.55. The van der Waals surface area contributed by atoms with E-state index in [2.05, 4.69) is 5.32 Å². The van der Waals surface area contributed by atoms with Crippen LogP contribution >= 0.6 is 0 Å². The van der Waals surface area contributed by atoms with Gasteiger partial charge in [-0.15, -0.1) is 0 Å². The maximum absolute atomic E-state index is 13.3. The van der Waals surface area contributed by atoms with Gasteiger partial charge in [-0.2, -0.15) is 0 Å². The molecule has 0 bridgehead atoms. The number of amides is 2. The molecule has 1 unspecified atom stereocenters. The molecule has 1 atom stereocenters. The van der Waals surface area contributed by atoms with Gasteiger partial charge in [0, 0.05) is 24.4 Å². The molecule has 178 valence electrons. The lowest BCUT2D eigenvalue weighted by Gasteiger charge is -2.25. The first-order valence-electron chi connectivity index (χ1n) is 10.8. The van der Waals surface area contributed by atoms with Gasteiger partial charge >= 0.3 is 0 Å². The molecule has 3 aromatic rings. The van der Waals surface area contributed by atoms with Gasteiger partial charge in [0.2, 0.25) is 5.91 Å². The fourth-order valence-corrected chi connectivity index (χ4v) is 4.10. The number of ether oxygens (including phenoxy) is 2. The summed E-state index contributed by atoms with van der Waals surface area (Å²) in [5.74, 6) is -1.37. The molecule has 4 rings (SSSR count). The quantitative estimate of drug-likeness (QED) is 0.315. The second-order valence-corrected chi connectivity index (χ2v) is 7.87. The van der Waals surface area contributed by atoms with Crippen molar-refractivity contribution < 1.29 is 29.0 Å². The predicted octanol–water partition coefficient (Wildman–Crippen LogP) is 4.29. The third-order valence-corrected chi connectivity index (χ3v) is 5.69. The van der Waals surface area contributed by atoms with Crippen LogP contribution in [0.5, 0.6) is 11.5 Å². The molecule has 1 heterocycles. The molecule has 35 heavy (non-hydrogen) atoms. The lowest BCUT2D eigenvalue weighted by molar-refractivity contribution is -0.132. The Bertz CT molecular complexity index is 1320. The third-order valence-electron chi connectivity index (χ3n) is 5.69. The number of hydrogen-bond donors (Lipinski definition) is 2. The van der Waals surface area contributed by atoms with Crippen molar-refractivity contribution in [3.05, 3.63) is 89.5 Å². The molecule has 0 aliphatic carbocycles. The Morgan fingerprint density at radius 2 is 1.63 bits per heavy atom. The summed E-state index contributed by atoms with van der Waals surface area (Å²) in [5, 5.41) is 14.0. The Morgan fingerprint density at radius 3 is 2.23 bits per heavy atom. The molecule has 8 heteroatoms. The number of anilines is 2. The first kappa shape index (κ1) is 23.6. The highest BCUT2D eigenvalue weighted by Gasteiger charge is 2.47. The molecular weight excluding hydrogens is 448 g/mol. The predicted molar refractivity (Wildman–Crippen MR) is 132 cm³/mol. The third kappa shape index (κ3) is 4.46. The zero-order valence-corrected chi connectivity index (χ0v) is 19.4. The highest BCUT2D eigenvalue weighted by atomic mass is 16.5. The molecule has 0 spiro atoms. The van der Waals surface area contributed by atoms with Gasteiger partial charge in [0.15, 0.2) is 0 Å². The van der Waals surface area contributed by atoms with Crippen LogP contribution in [0.4, 0.5) is 11.4 Å². The van der Waals surface area contributed by atoms with E-state index in [1.165, 1.54) is 26.0 Å². The molecular formula is C27H24N2O6. The van der Waals surface area contributed by atoms with E-state index in [4.69, 9.17) is 9.47 Å². The van der Waals surface area contributed by atoms with Crippen molar-refractivity contribution in [3.8, 4) is 11.5 Å². The molecule has 2 N–H and O–H groups in total. The Morgan fingerprint density at radius 1 is 0.943 bits per heavy atom. The van der Waals surface area contributed by atoms with E-state index in [1.807, 2.05) is 6.07 Å². The van der Waals surface area contributed by atoms with E-state index in [9.17, 15) is 19.5 Å². The zero-order chi connectivity index (χ0) is 25.1. The maximum atomic E-state index is 13.3. The Labute approximate surface area is 202 Å². The standard InChI is InChI=1S/C27H24N2O6/c1-16(30)28-18-9-11-19(12-10-18)29-24(17-7-5-4-6-8-17)23(26(32)27(29)33)25(31)21-14-13-20(34-2)15-22(21)35-3/h4-15,24,31H,1-3H3,(H,28,30)/b25-23-. The van der Waals surface area contributed by atoms with Gasteiger partial charge in [0.1, 0.15) is 17.3 Å². The number of hydrogen-bond acceptors (Lipinski definition) is 6. The summed E-state index contributed by atoms with van der Waals surface area (Å²) < 4.78 is 10.6. The summed E-state index contributed by atoms with van der Waals surface area (Å²) in [6.07, 6.45) is 0. The number of methoxy groups -OCH3 is 2. The van der Waals surface area contributed by atoms with Crippen LogP contribution in [0.3, 0.4) is 0 Å². The Hall–Kier alpha value is -4.59. The second kappa shape index (κ2) is 9.72. The van der Waals surface area contributed by atoms with Crippen molar-refractivity contribution >= 4 is 34.7 Å². The topological polar surface area (TPSA) is 105 Å². The summed E-state index contributed by atoms with van der Waals surface area (Å²) in [6, 6.07) is 19.5. The van der Waals surface area contributed by atoms with Gasteiger partial charge in [-0.05, 0) is 42.0 Å². The number of Topliss-reactive ketones (excluding diaryl/α,β-unsaturated/α-hetero) is 1. The highest BCUT2D eigenvalue weighted by Crippen LogP contribution is 2.43. The van der Waals surface area contributed by atoms with Crippen molar-refractivity contribution in [2.75, 3.05) is 24.4 Å². The number of carbonyl (C=O) groups excluding carboxylic acids is 3. The van der Waals surface area contributed by atoms with Gasteiger partial charge in [-0.1, -0.05) is 30.3 Å². The van der Waals surface area contributed by atoms with E-state index >= 15 is 0 Å². The molecule has 1 saturated heterocycles. The average molecular weight is 472 g/mol. The molecule has 1 fully saturated rings. The minimum atomic E-state index is -0.880. The van der Waals surface area contributed by atoms with Crippen LogP contribution in [-0.4, -0.2) is 36.9 Å². The summed E-state index contributed by atoms with van der Waals surface area (Å²) >= 11 is 0. The summed E-state index contributed by atoms with van der Waals surface area (Å²) in [5.41, 5.74) is 1.84. The number of aliphatic hydroxyl groups excluding tert-OH is 1. The number of benzene rings is 3. The van der Waals surface area contributed by atoms with Gasteiger partial charge < -0.3 is 19.9 Å². The fourth-order valence-electron chi connectivity index (χ4n) is 4.10. The zero-order valence-electron chi connectivity index (χ0n) is 19.4. The van der Waals surface area contributed by atoms with Crippen LogP contribution < -0.4 is 19.7 Å². The number of rotatable bonds is 6. The normalized spacial score (nSPS) is 16.8. The van der Waals surface area contributed by atoms with Crippen LogP contribution in [0.15, 0.2) is 78.4 Å². The molecule has 0 aromatic heterocycles. The molecule has 2 amide bonds. The monoisotopic (exact) mass is 472 g/mol. The molecule has 1 aliphatic rings. The smallest absolute Gasteiger partial charge is 0.300 e. The molecule has 8 nitrogen and oxygen atoms in total. The van der Waals surface area contributed by atoms with Crippen molar-refractivity contribution in [1.82, 2.24) is 0 Å². The van der Waals surface area contributed by atoms with Crippen molar-refractivity contribution in [2.45, 2.75) is 13.0 Å². The van der Waals surface area contributed by atoms with Crippen molar-refractivity contribution in [1.29, 1.82) is 0 Å². The largest absolute Gasteiger partial charge is 0.507 e. The van der Waals surface area contributed by atoms with Gasteiger partial charge in [0.05, 0.1) is 31.4 Å². The molecule has 3 aromatic carbocycles. The van der Waals surface area contributed by atoms with Crippen LogP contribution in [-0.2, 0) is 14.4 Å². The van der Waals surface area contributed by atoms with Crippen molar-refractivity contribution in [2.24, 2.45) is 0 Å². The Balaban J connectivity index is 1.89. The number of nitrogens with zero attached hydrogens (tertiary/aromatic N) is 1. The van der Waals surface area contributed by atoms with Crippen molar-refractivity contribution in [3.63, 3.8) is 0 Å². The molecule has 0 radical (unpaired) electrons. The lowest BCUT2D eigenvalue weighted by atomic mass is 9.95. The molecule has 1 aliphatic heterocycles. The fraction of sp³-hybridized carbons (Fsp3) is 0.148. The minimum Gasteiger partial charge on any atom is -0.507 e. The number of carbonyl (C=O) groups is 3. The average Bonchev–Trinajstić information content (AvgIpc) is 3.14. The first-order valence-corrected chi connectivity index (χ1v) is 10.8. The van der Waals surface area contributed by atoms with E-state index in [-0.39, 0.29) is 22.8 Å². The van der Waals surface area contributed by atoms with E-state index in [0.29, 0.717) is 28.4 Å². The maximum Gasteiger partial charge on any atom is 0.300 e. The minimum absolute atomic E-state index is 0.0596. The first-order chi connectivity index (χ1) is 16.8. The van der Waals surface area contributed by atoms with Crippen LogP contribution in [0.2, 0.25) is 0 Å². The number of ketones is 1.